The number of nitrogens with one attached hydrogen (secondary N) is 2. The first-order valence-electron chi connectivity index (χ1n) is 15.4. The van der Waals surface area contributed by atoms with Gasteiger partial charge in [0.15, 0.2) is 0 Å². The lowest BCUT2D eigenvalue weighted by molar-refractivity contribution is -0.145. The fourth-order valence-electron chi connectivity index (χ4n) is 5.01. The highest BCUT2D eigenvalue weighted by Crippen LogP contribution is 2.28. The van der Waals surface area contributed by atoms with Crippen molar-refractivity contribution in [2.24, 2.45) is 5.92 Å². The van der Waals surface area contributed by atoms with Crippen molar-refractivity contribution in [1.82, 2.24) is 15.5 Å². The van der Waals surface area contributed by atoms with Crippen molar-refractivity contribution in [3.63, 3.8) is 0 Å². The zero-order valence-electron chi connectivity index (χ0n) is 27.2. The SMILES string of the molecule is CCCC(C)NC(=O)C(c1ccc(C)cc1)N(C(=O)C(Cc1ccccc1)NC(=O)OC(C)(C)C)C(C)CCC(C)C. The molecule has 0 aliphatic rings. The molecule has 7 heteroatoms. The lowest BCUT2D eigenvalue weighted by Crippen LogP contribution is -2.56. The normalized spacial score (nSPS) is 14.4. The van der Waals surface area contributed by atoms with Gasteiger partial charge < -0.3 is 20.3 Å². The van der Waals surface area contributed by atoms with Crippen molar-refractivity contribution in [2.75, 3.05) is 0 Å². The van der Waals surface area contributed by atoms with Gasteiger partial charge in [0.05, 0.1) is 0 Å². The summed E-state index contributed by atoms with van der Waals surface area (Å²) in [5, 5.41) is 6.02. The smallest absolute Gasteiger partial charge is 0.408 e. The van der Waals surface area contributed by atoms with Crippen LogP contribution >= 0.6 is 0 Å². The molecular formula is C35H53N3O4. The first-order chi connectivity index (χ1) is 19.7. The average molecular weight is 580 g/mol. The number of rotatable bonds is 14. The Kier molecular flexibility index (Phi) is 13.5. The first kappa shape index (κ1) is 34.8. The van der Waals surface area contributed by atoms with Gasteiger partial charge in [-0.3, -0.25) is 9.59 Å². The third-order valence-corrected chi connectivity index (χ3v) is 7.19. The van der Waals surface area contributed by atoms with Crippen LogP contribution in [0.4, 0.5) is 4.79 Å². The number of carbonyl (C=O) groups is 3. The maximum absolute atomic E-state index is 14.7. The van der Waals surface area contributed by atoms with Gasteiger partial charge in [-0.05, 0) is 77.8 Å². The van der Waals surface area contributed by atoms with Crippen molar-refractivity contribution >= 4 is 17.9 Å². The number of aryl methyl sites for hydroxylation is 1. The number of carbonyl (C=O) groups excluding carboxylic acids is 3. The largest absolute Gasteiger partial charge is 0.444 e. The highest BCUT2D eigenvalue weighted by molar-refractivity contribution is 5.92. The fraction of sp³-hybridized carbons (Fsp3) is 0.571. The van der Waals surface area contributed by atoms with Crippen molar-refractivity contribution < 1.29 is 19.1 Å². The molecule has 0 aliphatic carbocycles. The molecule has 0 saturated heterocycles. The van der Waals surface area contributed by atoms with Crippen LogP contribution in [0.1, 0.15) is 104 Å². The molecule has 0 aromatic heterocycles. The number of hydrogen-bond acceptors (Lipinski definition) is 4. The molecule has 0 radical (unpaired) electrons. The van der Waals surface area contributed by atoms with E-state index in [1.165, 1.54) is 0 Å². The molecule has 42 heavy (non-hydrogen) atoms. The lowest BCUT2D eigenvalue weighted by Gasteiger charge is -2.39. The van der Waals surface area contributed by atoms with Gasteiger partial charge in [-0.1, -0.05) is 87.4 Å². The average Bonchev–Trinajstić information content (AvgIpc) is 2.89. The van der Waals surface area contributed by atoms with E-state index >= 15 is 0 Å². The Morgan fingerprint density at radius 3 is 2.02 bits per heavy atom. The zero-order chi connectivity index (χ0) is 31.4. The topological polar surface area (TPSA) is 87.7 Å². The molecule has 4 unspecified atom stereocenters. The molecule has 2 aromatic carbocycles. The minimum atomic E-state index is -0.933. The van der Waals surface area contributed by atoms with Gasteiger partial charge >= 0.3 is 6.09 Å². The molecule has 0 fully saturated rings. The van der Waals surface area contributed by atoms with Crippen LogP contribution in [0.5, 0.6) is 0 Å². The summed E-state index contributed by atoms with van der Waals surface area (Å²) >= 11 is 0. The second-order valence-corrected chi connectivity index (χ2v) is 13.0. The molecule has 2 aromatic rings. The highest BCUT2D eigenvalue weighted by atomic mass is 16.6. The molecule has 232 valence electrons. The Morgan fingerprint density at radius 2 is 1.48 bits per heavy atom. The molecule has 7 nitrogen and oxygen atoms in total. The Labute approximate surface area is 253 Å². The summed E-state index contributed by atoms with van der Waals surface area (Å²) in [6.45, 7) is 17.7. The van der Waals surface area contributed by atoms with Crippen molar-refractivity contribution in [3.05, 3.63) is 71.3 Å². The Hall–Kier alpha value is -3.35. The quantitative estimate of drug-likeness (QED) is 0.249. The standard InChI is InChI=1S/C35H53N3O4/c1-10-14-26(5)36-32(39)31(29-21-18-25(4)19-22-29)38(27(6)20-17-24(2)3)33(40)30(23-28-15-12-11-13-16-28)37-34(41)42-35(7,8)9/h11-13,15-16,18-19,21-22,24,26-27,30-31H,10,14,17,20,23H2,1-9H3,(H,36,39)(H,37,41). The number of nitrogens with zero attached hydrogens (tertiary/aromatic N) is 1. The van der Waals surface area contributed by atoms with Crippen molar-refractivity contribution in [2.45, 2.75) is 124 Å². The van der Waals surface area contributed by atoms with Crippen LogP contribution in [-0.4, -0.2) is 46.5 Å². The van der Waals surface area contributed by atoms with E-state index in [9.17, 15) is 14.4 Å². The van der Waals surface area contributed by atoms with Crippen LogP contribution in [0.15, 0.2) is 54.6 Å². The molecule has 0 aliphatic heterocycles. The fourth-order valence-corrected chi connectivity index (χ4v) is 5.01. The Balaban J connectivity index is 2.63. The first-order valence-corrected chi connectivity index (χ1v) is 15.4. The lowest BCUT2D eigenvalue weighted by atomic mass is 9.95. The molecule has 4 atom stereocenters. The summed E-state index contributed by atoms with van der Waals surface area (Å²) in [6.07, 6.45) is 2.97. The molecule has 2 N–H and O–H groups in total. The summed E-state index contributed by atoms with van der Waals surface area (Å²) in [7, 11) is 0. The van der Waals surface area contributed by atoms with Gasteiger partial charge in [0.25, 0.3) is 0 Å². The molecule has 0 bridgehead atoms. The highest BCUT2D eigenvalue weighted by Gasteiger charge is 2.39. The molecule has 0 saturated carbocycles. The van der Waals surface area contributed by atoms with Gasteiger partial charge in [0, 0.05) is 18.5 Å². The van der Waals surface area contributed by atoms with E-state index in [0.29, 0.717) is 12.3 Å². The minimum absolute atomic E-state index is 0.0432. The third-order valence-electron chi connectivity index (χ3n) is 7.19. The van der Waals surface area contributed by atoms with E-state index in [0.717, 1.165) is 36.0 Å². The van der Waals surface area contributed by atoms with Crippen molar-refractivity contribution in [1.29, 1.82) is 0 Å². The number of hydrogen-bond donors (Lipinski definition) is 2. The van der Waals surface area contributed by atoms with E-state index in [1.807, 2.05) is 75.4 Å². The monoisotopic (exact) mass is 579 g/mol. The predicted octanol–water partition coefficient (Wildman–Crippen LogP) is 7.13. The molecule has 0 spiro atoms. The van der Waals surface area contributed by atoms with Crippen LogP contribution < -0.4 is 10.6 Å². The number of ether oxygens (including phenoxy) is 1. The minimum Gasteiger partial charge on any atom is -0.444 e. The van der Waals surface area contributed by atoms with E-state index in [1.54, 1.807) is 25.7 Å². The molecule has 2 rings (SSSR count). The van der Waals surface area contributed by atoms with E-state index < -0.39 is 23.8 Å². The van der Waals surface area contributed by atoms with Gasteiger partial charge in [-0.15, -0.1) is 0 Å². The number of benzene rings is 2. The third kappa shape index (κ3) is 11.5. The van der Waals surface area contributed by atoms with E-state index in [-0.39, 0.29) is 30.3 Å². The molecule has 0 heterocycles. The van der Waals surface area contributed by atoms with E-state index in [2.05, 4.69) is 31.4 Å². The summed E-state index contributed by atoms with van der Waals surface area (Å²) < 4.78 is 5.56. The molecular weight excluding hydrogens is 526 g/mol. The van der Waals surface area contributed by atoms with Gasteiger partial charge in [-0.25, -0.2) is 4.79 Å². The number of alkyl carbamates (subject to hydrolysis) is 1. The van der Waals surface area contributed by atoms with Crippen LogP contribution in [0.3, 0.4) is 0 Å². The van der Waals surface area contributed by atoms with Crippen LogP contribution in [0.2, 0.25) is 0 Å². The van der Waals surface area contributed by atoms with Crippen molar-refractivity contribution in [3.8, 4) is 0 Å². The Morgan fingerprint density at radius 1 is 0.857 bits per heavy atom. The Bertz CT molecular complexity index is 1130. The van der Waals surface area contributed by atoms with Crippen LogP contribution in [0, 0.1) is 12.8 Å². The summed E-state index contributed by atoms with van der Waals surface area (Å²) in [5.74, 6) is -0.106. The maximum Gasteiger partial charge on any atom is 0.408 e. The van der Waals surface area contributed by atoms with Gasteiger partial charge in [0.2, 0.25) is 11.8 Å². The predicted molar refractivity (Wildman–Crippen MR) is 170 cm³/mol. The maximum atomic E-state index is 14.7. The van der Waals surface area contributed by atoms with Crippen LogP contribution in [0.25, 0.3) is 0 Å². The van der Waals surface area contributed by atoms with Gasteiger partial charge in [0.1, 0.15) is 17.7 Å². The summed E-state index contributed by atoms with van der Waals surface area (Å²) in [4.78, 5) is 43.5. The van der Waals surface area contributed by atoms with Gasteiger partial charge in [-0.2, -0.15) is 0 Å². The number of amides is 3. The van der Waals surface area contributed by atoms with E-state index in [4.69, 9.17) is 4.74 Å². The second kappa shape index (κ2) is 16.3. The summed E-state index contributed by atoms with van der Waals surface area (Å²) in [6, 6.07) is 15.3. The van der Waals surface area contributed by atoms with Crippen LogP contribution in [-0.2, 0) is 20.7 Å². The summed E-state index contributed by atoms with van der Waals surface area (Å²) in [5.41, 5.74) is 1.97. The molecule has 3 amide bonds. The zero-order valence-corrected chi connectivity index (χ0v) is 27.2. The second-order valence-electron chi connectivity index (χ2n) is 13.0.